The fraction of sp³-hybridized carbons (Fsp3) is 0. The summed E-state index contributed by atoms with van der Waals surface area (Å²) in [6.07, 6.45) is 0. The van der Waals surface area contributed by atoms with Gasteiger partial charge in [0, 0.05) is 66.5 Å². The first-order chi connectivity index (χ1) is 26.7. The summed E-state index contributed by atoms with van der Waals surface area (Å²) in [5.74, 6) is 0. The number of nitrogens with zero attached hydrogens (tertiary/aromatic N) is 3. The van der Waals surface area contributed by atoms with Gasteiger partial charge in [0.25, 0.3) is 0 Å². The van der Waals surface area contributed by atoms with Crippen LogP contribution in [0.25, 0.3) is 110 Å². The van der Waals surface area contributed by atoms with E-state index in [1.807, 2.05) is 36.4 Å². The molecule has 0 amide bonds. The van der Waals surface area contributed by atoms with Crippen LogP contribution < -0.4 is 0 Å². The zero-order chi connectivity index (χ0) is 35.5. The van der Waals surface area contributed by atoms with Crippen LogP contribution in [0.15, 0.2) is 173 Å². The summed E-state index contributed by atoms with van der Waals surface area (Å²) >= 11 is 0. The molecule has 0 saturated heterocycles. The molecule has 12 aromatic rings. The van der Waals surface area contributed by atoms with E-state index in [4.69, 9.17) is 8.83 Å². The van der Waals surface area contributed by atoms with E-state index in [9.17, 15) is 5.26 Å². The van der Waals surface area contributed by atoms with Crippen molar-refractivity contribution in [2.24, 2.45) is 0 Å². The average Bonchev–Trinajstić information content (AvgIpc) is 3.96. The lowest BCUT2D eigenvalue weighted by Gasteiger charge is -2.15. The Kier molecular flexibility index (Phi) is 5.78. The quantitative estimate of drug-likeness (QED) is 0.185. The smallest absolute Gasteiger partial charge is 0.137 e. The van der Waals surface area contributed by atoms with Crippen molar-refractivity contribution in [3.8, 4) is 28.6 Å². The minimum atomic E-state index is 0.605. The number of hydrogen-bond donors (Lipinski definition) is 0. The monoisotopic (exact) mass is 689 g/mol. The first-order valence-corrected chi connectivity index (χ1v) is 18.1. The fourth-order valence-corrected chi connectivity index (χ4v) is 8.81. The molecule has 0 aliphatic carbocycles. The van der Waals surface area contributed by atoms with E-state index in [-0.39, 0.29) is 0 Å². The molecule has 12 rings (SSSR count). The molecule has 0 unspecified atom stereocenters. The highest BCUT2D eigenvalue weighted by molar-refractivity contribution is 6.19. The van der Waals surface area contributed by atoms with Gasteiger partial charge in [-0.05, 0) is 60.2 Å². The van der Waals surface area contributed by atoms with Gasteiger partial charge in [0.05, 0.1) is 33.3 Å². The predicted octanol–water partition coefficient (Wildman–Crippen LogP) is 13.2. The lowest BCUT2D eigenvalue weighted by atomic mass is 9.98. The van der Waals surface area contributed by atoms with E-state index in [1.165, 1.54) is 10.8 Å². The highest BCUT2D eigenvalue weighted by atomic mass is 16.3. The third-order valence-electron chi connectivity index (χ3n) is 11.2. The maximum Gasteiger partial charge on any atom is 0.137 e. The van der Waals surface area contributed by atoms with Gasteiger partial charge in [-0.25, -0.2) is 0 Å². The molecule has 0 N–H and O–H groups in total. The minimum absolute atomic E-state index is 0.605. The van der Waals surface area contributed by atoms with Gasteiger partial charge in [-0.1, -0.05) is 97.1 Å². The average molecular weight is 690 g/mol. The number of nitriles is 1. The highest BCUT2D eigenvalue weighted by Gasteiger charge is 2.21. The molecule has 0 radical (unpaired) electrons. The first kappa shape index (κ1) is 29.1. The molecule has 250 valence electrons. The van der Waals surface area contributed by atoms with Crippen LogP contribution in [0.1, 0.15) is 5.56 Å². The molecule has 5 nitrogen and oxygen atoms in total. The van der Waals surface area contributed by atoms with Gasteiger partial charge in [-0.15, -0.1) is 0 Å². The maximum absolute atomic E-state index is 11.0. The van der Waals surface area contributed by atoms with Gasteiger partial charge in [0.2, 0.25) is 0 Å². The van der Waals surface area contributed by atoms with Gasteiger partial charge in [0.1, 0.15) is 28.4 Å². The van der Waals surface area contributed by atoms with Crippen LogP contribution in [0.5, 0.6) is 0 Å². The lowest BCUT2D eigenvalue weighted by Crippen LogP contribution is -2.00. The molecular weight excluding hydrogens is 663 g/mol. The Labute approximate surface area is 307 Å². The van der Waals surface area contributed by atoms with Gasteiger partial charge < -0.3 is 18.0 Å². The summed E-state index contributed by atoms with van der Waals surface area (Å²) in [6, 6.07) is 59.4. The van der Waals surface area contributed by atoms with Crippen LogP contribution in [0.2, 0.25) is 0 Å². The summed E-state index contributed by atoms with van der Waals surface area (Å²) in [4.78, 5) is 0. The Morgan fingerprint density at radius 3 is 1.56 bits per heavy atom. The van der Waals surface area contributed by atoms with Crippen LogP contribution in [0.4, 0.5) is 0 Å². The number of fused-ring (bicyclic) bond motifs is 12. The number of benzene rings is 8. The van der Waals surface area contributed by atoms with Crippen molar-refractivity contribution in [2.75, 3.05) is 0 Å². The Morgan fingerprint density at radius 1 is 0.389 bits per heavy atom. The third-order valence-corrected chi connectivity index (χ3v) is 11.2. The third kappa shape index (κ3) is 3.91. The highest BCUT2D eigenvalue weighted by Crippen LogP contribution is 2.42. The number of aromatic nitrogens is 2. The minimum Gasteiger partial charge on any atom is -0.456 e. The van der Waals surface area contributed by atoms with Crippen molar-refractivity contribution < 1.29 is 8.83 Å². The van der Waals surface area contributed by atoms with Crippen molar-refractivity contribution in [1.82, 2.24) is 9.13 Å². The zero-order valence-electron chi connectivity index (χ0n) is 28.7. The largest absolute Gasteiger partial charge is 0.456 e. The topological polar surface area (TPSA) is 59.9 Å². The molecule has 4 heterocycles. The van der Waals surface area contributed by atoms with Crippen molar-refractivity contribution >= 4 is 87.5 Å². The van der Waals surface area contributed by atoms with E-state index < -0.39 is 0 Å². The van der Waals surface area contributed by atoms with Crippen LogP contribution in [0.3, 0.4) is 0 Å². The van der Waals surface area contributed by atoms with Gasteiger partial charge in [-0.3, -0.25) is 0 Å². The van der Waals surface area contributed by atoms with E-state index in [2.05, 4.69) is 143 Å². The lowest BCUT2D eigenvalue weighted by molar-refractivity contribution is 0.669. The number of rotatable bonds is 3. The van der Waals surface area contributed by atoms with Gasteiger partial charge in [0.15, 0.2) is 0 Å². The van der Waals surface area contributed by atoms with E-state index >= 15 is 0 Å². The molecule has 0 saturated carbocycles. The first-order valence-electron chi connectivity index (χ1n) is 18.1. The van der Waals surface area contributed by atoms with E-state index in [0.717, 1.165) is 99.2 Å². The maximum atomic E-state index is 11.0. The summed E-state index contributed by atoms with van der Waals surface area (Å²) in [5, 5.41) is 20.0. The summed E-state index contributed by atoms with van der Waals surface area (Å²) in [5.41, 5.74) is 11.9. The summed E-state index contributed by atoms with van der Waals surface area (Å²) < 4.78 is 17.2. The van der Waals surface area contributed by atoms with Crippen molar-refractivity contribution in [3.05, 3.63) is 169 Å². The second kappa shape index (κ2) is 10.7. The molecule has 4 aromatic heterocycles. The Balaban J connectivity index is 1.08. The van der Waals surface area contributed by atoms with E-state index in [1.54, 1.807) is 0 Å². The Hall–Kier alpha value is -7.55. The molecule has 8 aromatic carbocycles. The molecule has 0 aliphatic rings. The Bertz CT molecular complexity index is 3590. The molecule has 5 heteroatoms. The Morgan fingerprint density at radius 2 is 0.926 bits per heavy atom. The molecule has 0 fully saturated rings. The van der Waals surface area contributed by atoms with Crippen LogP contribution in [-0.2, 0) is 0 Å². The standard InChI is InChI=1S/C49H27N3O2/c50-28-40-31(17-10-20-43(40)52-42-19-6-2-14-33(42)37-25-39-35-16-4-8-22-47(35)54-49(39)27-45(37)52)29-11-9-12-30(23-29)51-41-18-5-1-13-32(41)36-24-38-34-15-3-7-21-46(34)53-48(38)26-44(36)51/h1-27H. The zero-order valence-corrected chi connectivity index (χ0v) is 28.7. The second-order valence-electron chi connectivity index (χ2n) is 14.0. The SMILES string of the molecule is N#Cc1c(-c2cccc(-n3c4ccccc4c4cc5c(cc43)oc3ccccc35)c2)cccc1-n1c2ccccc2c2cc3c(cc21)oc1ccccc13. The van der Waals surface area contributed by atoms with Crippen molar-refractivity contribution in [3.63, 3.8) is 0 Å². The second-order valence-corrected chi connectivity index (χ2v) is 14.0. The van der Waals surface area contributed by atoms with Gasteiger partial charge >= 0.3 is 0 Å². The van der Waals surface area contributed by atoms with Crippen LogP contribution >= 0.6 is 0 Å². The molecule has 0 atom stereocenters. The predicted molar refractivity (Wildman–Crippen MR) is 220 cm³/mol. The number of hydrogen-bond acceptors (Lipinski definition) is 3. The van der Waals surface area contributed by atoms with Crippen LogP contribution in [-0.4, -0.2) is 9.13 Å². The molecule has 0 bridgehead atoms. The number of para-hydroxylation sites is 4. The molecule has 0 aliphatic heterocycles. The van der Waals surface area contributed by atoms with Gasteiger partial charge in [-0.2, -0.15) is 5.26 Å². The van der Waals surface area contributed by atoms with E-state index in [0.29, 0.717) is 5.56 Å². The molecule has 0 spiro atoms. The summed E-state index contributed by atoms with van der Waals surface area (Å²) in [6.45, 7) is 0. The molecule has 54 heavy (non-hydrogen) atoms. The fourth-order valence-electron chi connectivity index (χ4n) is 8.81. The number of furan rings is 2. The van der Waals surface area contributed by atoms with Crippen molar-refractivity contribution in [1.29, 1.82) is 5.26 Å². The van der Waals surface area contributed by atoms with Crippen LogP contribution in [0, 0.1) is 11.3 Å². The molecular formula is C49H27N3O2. The normalized spacial score (nSPS) is 12.1. The van der Waals surface area contributed by atoms with Crippen molar-refractivity contribution in [2.45, 2.75) is 0 Å². The summed E-state index contributed by atoms with van der Waals surface area (Å²) in [7, 11) is 0.